The number of hydrogen-bond donors (Lipinski definition) is 2. The van der Waals surface area contributed by atoms with E-state index in [0.29, 0.717) is 25.9 Å². The molecule has 5 rings (SSSR count). The van der Waals surface area contributed by atoms with Gasteiger partial charge in [-0.3, -0.25) is 9.78 Å². The zero-order chi connectivity index (χ0) is 28.6. The number of rotatable bonds is 7. The normalized spacial score (nSPS) is 16.8. The van der Waals surface area contributed by atoms with E-state index in [4.69, 9.17) is 51.8 Å². The highest BCUT2D eigenvalue weighted by Crippen LogP contribution is 2.45. The second kappa shape index (κ2) is 11.8. The predicted octanol–water partition coefficient (Wildman–Crippen LogP) is 7.21. The van der Waals surface area contributed by atoms with Gasteiger partial charge in [0.2, 0.25) is 5.91 Å². The number of aromatic nitrogens is 2. The van der Waals surface area contributed by atoms with Crippen LogP contribution >= 0.6 is 47.0 Å². The van der Waals surface area contributed by atoms with E-state index in [2.05, 4.69) is 33.2 Å². The van der Waals surface area contributed by atoms with Crippen LogP contribution in [0.2, 0.25) is 15.1 Å². The lowest BCUT2D eigenvalue weighted by Crippen LogP contribution is -2.29. The summed E-state index contributed by atoms with van der Waals surface area (Å²) in [6, 6.07) is 18.4. The highest BCUT2D eigenvalue weighted by Gasteiger charge is 2.42. The summed E-state index contributed by atoms with van der Waals surface area (Å²) in [4.78, 5) is 18.7. The van der Waals surface area contributed by atoms with Crippen molar-refractivity contribution in [3.8, 4) is 5.69 Å². The quantitative estimate of drug-likeness (QED) is 0.214. The molecular formula is C29H26Cl3N5O2S. The molecule has 0 unspecified atom stereocenters. The summed E-state index contributed by atoms with van der Waals surface area (Å²) in [7, 11) is 1.46. The second-order valence-corrected chi connectivity index (χ2v) is 11.0. The molecular weight excluding hydrogens is 589 g/mol. The van der Waals surface area contributed by atoms with Crippen molar-refractivity contribution in [1.29, 1.82) is 0 Å². The number of carbonyl (C=O) groups excluding carboxylic acids is 1. The number of halogens is 3. The van der Waals surface area contributed by atoms with E-state index >= 15 is 0 Å². The fourth-order valence-corrected chi connectivity index (χ4v) is 6.20. The van der Waals surface area contributed by atoms with Crippen molar-refractivity contribution in [1.82, 2.24) is 14.9 Å². The average Bonchev–Trinajstić information content (AvgIpc) is 3.41. The number of benzene rings is 2. The molecule has 0 radical (unpaired) electrons. The van der Waals surface area contributed by atoms with Crippen LogP contribution in [0.25, 0.3) is 5.69 Å². The Labute approximate surface area is 253 Å². The first-order valence-electron chi connectivity index (χ1n) is 12.4. The first-order chi connectivity index (χ1) is 19.2. The molecule has 1 amide bonds. The molecule has 0 saturated carbocycles. The molecule has 0 spiro atoms. The number of hydrogen-bond acceptors (Lipinski definition) is 4. The second-order valence-electron chi connectivity index (χ2n) is 9.40. The van der Waals surface area contributed by atoms with E-state index in [9.17, 15) is 4.79 Å². The Kier molecular flexibility index (Phi) is 8.35. The molecule has 0 aliphatic carbocycles. The van der Waals surface area contributed by atoms with E-state index in [-0.39, 0.29) is 24.6 Å². The summed E-state index contributed by atoms with van der Waals surface area (Å²) in [6.07, 6.45) is 1.77. The zero-order valence-corrected chi connectivity index (χ0v) is 25.0. The Morgan fingerprint density at radius 1 is 1.07 bits per heavy atom. The fraction of sp³-hybridized carbons (Fsp3) is 0.207. The molecule has 7 nitrogen and oxygen atoms in total. The van der Waals surface area contributed by atoms with Gasteiger partial charge in [0.15, 0.2) is 5.11 Å². The fourth-order valence-electron chi connectivity index (χ4n) is 5.14. The van der Waals surface area contributed by atoms with Gasteiger partial charge in [-0.1, -0.05) is 40.9 Å². The number of thiocarbonyl (C=S) groups is 1. The maximum atomic E-state index is 12.1. The summed E-state index contributed by atoms with van der Waals surface area (Å²) >= 11 is 25.3. The largest absolute Gasteiger partial charge is 0.375 e. The van der Waals surface area contributed by atoms with Gasteiger partial charge in [0.1, 0.15) is 6.61 Å². The van der Waals surface area contributed by atoms with E-state index in [0.717, 1.165) is 34.0 Å². The number of aryl methyl sites for hydroxylation is 1. The Morgan fingerprint density at radius 3 is 2.55 bits per heavy atom. The molecule has 11 heteroatoms. The van der Waals surface area contributed by atoms with Crippen LogP contribution in [0.15, 0.2) is 66.9 Å². The van der Waals surface area contributed by atoms with Crippen LogP contribution in [0, 0.1) is 13.8 Å². The van der Waals surface area contributed by atoms with Crippen LogP contribution in [0.5, 0.6) is 0 Å². The lowest BCUT2D eigenvalue weighted by Gasteiger charge is -2.28. The summed E-state index contributed by atoms with van der Waals surface area (Å²) in [5, 5.41) is 8.28. The van der Waals surface area contributed by atoms with Gasteiger partial charge in [0.25, 0.3) is 0 Å². The number of amides is 1. The molecule has 1 aliphatic heterocycles. The van der Waals surface area contributed by atoms with E-state index in [1.807, 2.05) is 48.2 Å². The number of nitrogens with one attached hydrogen (secondary N) is 2. The first kappa shape index (κ1) is 28.4. The Balaban J connectivity index is 1.62. The number of carbonyl (C=O) groups is 1. The van der Waals surface area contributed by atoms with Crippen molar-refractivity contribution >= 4 is 69.4 Å². The van der Waals surface area contributed by atoms with Crippen LogP contribution in [0.4, 0.5) is 11.4 Å². The Bertz CT molecular complexity index is 1590. The van der Waals surface area contributed by atoms with Gasteiger partial charge in [0, 0.05) is 35.4 Å². The van der Waals surface area contributed by atoms with Gasteiger partial charge >= 0.3 is 0 Å². The van der Waals surface area contributed by atoms with Gasteiger partial charge < -0.3 is 24.8 Å². The lowest BCUT2D eigenvalue weighted by molar-refractivity contribution is -0.119. The standard InChI is InChI=1S/C29H26Cl3N5O2S/c1-16-12-20(17(2)36(16)25-10-7-18(30)13-22(25)32)28-27(24-6-4-5-11-33-24)35-29(40)37(28)19-8-9-23(21(31)14-19)34-26(38)15-39-3/h4-14,27-28H,15H2,1-3H3,(H,34,38)(H,35,40)/t27-,28-/m1/s1. The van der Waals surface area contributed by atoms with Crippen molar-refractivity contribution in [3.05, 3.63) is 105 Å². The molecule has 1 fully saturated rings. The number of ether oxygens (including phenoxy) is 1. The van der Waals surface area contributed by atoms with E-state index < -0.39 is 0 Å². The van der Waals surface area contributed by atoms with Gasteiger partial charge in [0.05, 0.1) is 39.2 Å². The predicted molar refractivity (Wildman–Crippen MR) is 165 cm³/mol. The molecule has 1 saturated heterocycles. The maximum absolute atomic E-state index is 12.1. The maximum Gasteiger partial charge on any atom is 0.250 e. The van der Waals surface area contributed by atoms with Crippen molar-refractivity contribution in [2.75, 3.05) is 23.9 Å². The number of pyridine rings is 1. The third-order valence-corrected chi connectivity index (χ3v) is 7.98. The van der Waals surface area contributed by atoms with E-state index in [1.54, 1.807) is 24.4 Å². The van der Waals surface area contributed by atoms with Crippen molar-refractivity contribution < 1.29 is 9.53 Å². The minimum atomic E-state index is -0.295. The summed E-state index contributed by atoms with van der Waals surface area (Å²) < 4.78 is 7.02. The average molecular weight is 615 g/mol. The lowest BCUT2D eigenvalue weighted by atomic mass is 9.96. The molecule has 4 aromatic rings. The van der Waals surface area contributed by atoms with Gasteiger partial charge in [-0.05, 0) is 86.2 Å². The van der Waals surface area contributed by atoms with Crippen LogP contribution in [0.3, 0.4) is 0 Å². The van der Waals surface area contributed by atoms with Gasteiger partial charge in [-0.15, -0.1) is 0 Å². The Morgan fingerprint density at radius 2 is 1.88 bits per heavy atom. The molecule has 206 valence electrons. The first-order valence-corrected chi connectivity index (χ1v) is 14.0. The Hall–Kier alpha value is -3.14. The molecule has 3 heterocycles. The molecule has 2 N–H and O–H groups in total. The molecule has 2 atom stereocenters. The van der Waals surface area contributed by atoms with Crippen molar-refractivity contribution in [2.24, 2.45) is 0 Å². The van der Waals surface area contributed by atoms with Crippen LogP contribution < -0.4 is 15.5 Å². The minimum Gasteiger partial charge on any atom is -0.375 e. The van der Waals surface area contributed by atoms with Gasteiger partial charge in [-0.2, -0.15) is 0 Å². The van der Waals surface area contributed by atoms with Crippen LogP contribution in [-0.2, 0) is 9.53 Å². The minimum absolute atomic E-state index is 0.0701. The third-order valence-electron chi connectivity index (χ3n) is 6.82. The smallest absolute Gasteiger partial charge is 0.250 e. The third kappa shape index (κ3) is 5.42. The van der Waals surface area contributed by atoms with Crippen molar-refractivity contribution in [3.63, 3.8) is 0 Å². The molecule has 0 bridgehead atoms. The van der Waals surface area contributed by atoms with Crippen molar-refractivity contribution in [2.45, 2.75) is 25.9 Å². The molecule has 1 aliphatic rings. The summed E-state index contributed by atoms with van der Waals surface area (Å²) in [5.41, 5.74) is 5.98. The van der Waals surface area contributed by atoms with Gasteiger partial charge in [-0.25, -0.2) is 0 Å². The van der Waals surface area contributed by atoms with Crippen LogP contribution in [-0.4, -0.2) is 34.3 Å². The van der Waals surface area contributed by atoms with Crippen LogP contribution in [0.1, 0.15) is 34.7 Å². The monoisotopic (exact) mass is 613 g/mol. The number of methoxy groups -OCH3 is 1. The highest BCUT2D eigenvalue weighted by molar-refractivity contribution is 7.80. The summed E-state index contributed by atoms with van der Waals surface area (Å²) in [6.45, 7) is 4.03. The SMILES string of the molecule is COCC(=O)Nc1ccc(N2C(=S)N[C@H](c3ccccn3)[C@H]2c2cc(C)n(-c3ccc(Cl)cc3Cl)c2C)cc1Cl. The highest BCUT2D eigenvalue weighted by atomic mass is 35.5. The zero-order valence-electron chi connectivity index (χ0n) is 21.9. The number of anilines is 2. The topological polar surface area (TPSA) is 71.4 Å². The number of nitrogens with zero attached hydrogens (tertiary/aromatic N) is 3. The van der Waals surface area contributed by atoms with E-state index in [1.165, 1.54) is 7.11 Å². The molecule has 40 heavy (non-hydrogen) atoms. The molecule has 2 aromatic carbocycles. The summed E-state index contributed by atoms with van der Waals surface area (Å²) in [5.74, 6) is -0.295. The molecule has 2 aromatic heterocycles.